The van der Waals surface area contributed by atoms with Crippen LogP contribution in [0.4, 0.5) is 5.82 Å². The minimum absolute atomic E-state index is 0.100. The number of hydrogen-bond donors (Lipinski definition) is 2. The summed E-state index contributed by atoms with van der Waals surface area (Å²) in [5, 5.41) is 3.13. The van der Waals surface area contributed by atoms with E-state index in [-0.39, 0.29) is 11.6 Å². The van der Waals surface area contributed by atoms with E-state index >= 15 is 0 Å². The molecule has 0 spiro atoms. The Bertz CT molecular complexity index is 397. The van der Waals surface area contributed by atoms with E-state index in [0.29, 0.717) is 18.3 Å². The summed E-state index contributed by atoms with van der Waals surface area (Å²) in [5.41, 5.74) is 5.55. The second-order valence-electron chi connectivity index (χ2n) is 4.02. The van der Waals surface area contributed by atoms with Gasteiger partial charge in [0.1, 0.15) is 0 Å². The van der Waals surface area contributed by atoms with E-state index in [0.717, 1.165) is 0 Å². The van der Waals surface area contributed by atoms with E-state index in [9.17, 15) is 4.79 Å². The molecule has 0 saturated heterocycles. The summed E-state index contributed by atoms with van der Waals surface area (Å²) in [6, 6.07) is 0.188. The fourth-order valence-corrected chi connectivity index (χ4v) is 1.64. The standard InChI is InChI=1S/C10H16N4O/c1-14-5-4-12-9(10(14)15)13-8(6-11)7-2-3-7/h4-5,7-8H,2-3,6,11H2,1H3,(H,12,13). The van der Waals surface area contributed by atoms with Crippen LogP contribution in [0.5, 0.6) is 0 Å². The Hall–Kier alpha value is -1.36. The average molecular weight is 208 g/mol. The molecule has 1 atom stereocenters. The maximum absolute atomic E-state index is 11.7. The molecule has 3 N–H and O–H groups in total. The summed E-state index contributed by atoms with van der Waals surface area (Å²) in [5.74, 6) is 1.02. The molecule has 1 unspecified atom stereocenters. The second-order valence-corrected chi connectivity index (χ2v) is 4.02. The van der Waals surface area contributed by atoms with Crippen molar-refractivity contribution in [3.05, 3.63) is 22.7 Å². The van der Waals surface area contributed by atoms with Gasteiger partial charge in [0.15, 0.2) is 5.82 Å². The molecule has 82 valence electrons. The number of anilines is 1. The van der Waals surface area contributed by atoms with Gasteiger partial charge in [0.2, 0.25) is 0 Å². The molecular weight excluding hydrogens is 192 g/mol. The van der Waals surface area contributed by atoms with E-state index in [1.54, 1.807) is 19.4 Å². The van der Waals surface area contributed by atoms with Crippen LogP contribution in [0.15, 0.2) is 17.2 Å². The van der Waals surface area contributed by atoms with Crippen molar-refractivity contribution in [1.82, 2.24) is 9.55 Å². The number of nitrogens with one attached hydrogen (secondary N) is 1. The molecule has 15 heavy (non-hydrogen) atoms. The lowest BCUT2D eigenvalue weighted by atomic mass is 10.2. The molecule has 1 saturated carbocycles. The Morgan fingerprint density at radius 1 is 1.73 bits per heavy atom. The van der Waals surface area contributed by atoms with Gasteiger partial charge in [0.05, 0.1) is 0 Å². The van der Waals surface area contributed by atoms with Crippen LogP contribution in [0.1, 0.15) is 12.8 Å². The first kappa shape index (κ1) is 10.2. The number of aryl methyl sites for hydroxylation is 1. The van der Waals surface area contributed by atoms with E-state index in [2.05, 4.69) is 10.3 Å². The highest BCUT2D eigenvalue weighted by Crippen LogP contribution is 2.33. The zero-order chi connectivity index (χ0) is 10.8. The van der Waals surface area contributed by atoms with E-state index < -0.39 is 0 Å². The molecule has 1 heterocycles. The van der Waals surface area contributed by atoms with Crippen molar-refractivity contribution in [2.45, 2.75) is 18.9 Å². The van der Waals surface area contributed by atoms with Crippen LogP contribution in [0, 0.1) is 5.92 Å². The molecule has 0 bridgehead atoms. The monoisotopic (exact) mass is 208 g/mol. The number of hydrogen-bond acceptors (Lipinski definition) is 4. The van der Waals surface area contributed by atoms with Crippen molar-refractivity contribution in [3.63, 3.8) is 0 Å². The highest BCUT2D eigenvalue weighted by Gasteiger charge is 2.30. The third-order valence-electron chi connectivity index (χ3n) is 2.78. The molecular formula is C10H16N4O. The molecule has 0 aliphatic heterocycles. The highest BCUT2D eigenvalue weighted by molar-refractivity contribution is 5.33. The van der Waals surface area contributed by atoms with Crippen LogP contribution in [0.25, 0.3) is 0 Å². The van der Waals surface area contributed by atoms with Gasteiger partial charge in [-0.05, 0) is 18.8 Å². The molecule has 2 rings (SSSR count). The molecule has 0 amide bonds. The van der Waals surface area contributed by atoms with Crippen molar-refractivity contribution < 1.29 is 0 Å². The van der Waals surface area contributed by atoms with Crippen LogP contribution in [-0.2, 0) is 7.05 Å². The first-order valence-electron chi connectivity index (χ1n) is 5.20. The molecule has 1 aliphatic carbocycles. The van der Waals surface area contributed by atoms with Crippen LogP contribution in [0.3, 0.4) is 0 Å². The van der Waals surface area contributed by atoms with Gasteiger partial charge in [-0.25, -0.2) is 4.98 Å². The largest absolute Gasteiger partial charge is 0.361 e. The minimum Gasteiger partial charge on any atom is -0.361 e. The molecule has 5 heteroatoms. The van der Waals surface area contributed by atoms with Gasteiger partial charge in [-0.3, -0.25) is 4.79 Å². The first-order chi connectivity index (χ1) is 7.22. The minimum atomic E-state index is -0.100. The van der Waals surface area contributed by atoms with Gasteiger partial charge >= 0.3 is 0 Å². The summed E-state index contributed by atoms with van der Waals surface area (Å²) < 4.78 is 1.51. The van der Waals surface area contributed by atoms with E-state index in [1.807, 2.05) is 0 Å². The number of rotatable bonds is 4. The normalized spacial score (nSPS) is 17.5. The smallest absolute Gasteiger partial charge is 0.293 e. The Labute approximate surface area is 88.3 Å². The Balaban J connectivity index is 2.15. The zero-order valence-corrected chi connectivity index (χ0v) is 8.81. The number of nitrogens with zero attached hydrogens (tertiary/aromatic N) is 2. The highest BCUT2D eigenvalue weighted by atomic mass is 16.1. The molecule has 1 fully saturated rings. The van der Waals surface area contributed by atoms with Crippen molar-refractivity contribution in [2.75, 3.05) is 11.9 Å². The summed E-state index contributed by atoms with van der Waals surface area (Å²) in [6.45, 7) is 0.546. The van der Waals surface area contributed by atoms with Gasteiger partial charge in [-0.15, -0.1) is 0 Å². The molecule has 1 aliphatic rings. The Morgan fingerprint density at radius 2 is 2.47 bits per heavy atom. The van der Waals surface area contributed by atoms with Crippen molar-refractivity contribution in [1.29, 1.82) is 0 Å². The summed E-state index contributed by atoms with van der Waals surface area (Å²) in [4.78, 5) is 15.7. The van der Waals surface area contributed by atoms with Gasteiger partial charge in [0, 0.05) is 32.0 Å². The van der Waals surface area contributed by atoms with E-state index in [4.69, 9.17) is 5.73 Å². The topological polar surface area (TPSA) is 72.9 Å². The third-order valence-corrected chi connectivity index (χ3v) is 2.78. The number of nitrogens with two attached hydrogens (primary N) is 1. The van der Waals surface area contributed by atoms with Gasteiger partial charge < -0.3 is 15.6 Å². The summed E-state index contributed by atoms with van der Waals surface area (Å²) >= 11 is 0. The summed E-state index contributed by atoms with van der Waals surface area (Å²) in [7, 11) is 1.71. The maximum Gasteiger partial charge on any atom is 0.293 e. The maximum atomic E-state index is 11.7. The molecule has 0 aromatic carbocycles. The quantitative estimate of drug-likeness (QED) is 0.726. The van der Waals surface area contributed by atoms with Crippen LogP contribution >= 0.6 is 0 Å². The average Bonchev–Trinajstić information content (AvgIpc) is 3.04. The fourth-order valence-electron chi connectivity index (χ4n) is 1.64. The lowest BCUT2D eigenvalue weighted by molar-refractivity contribution is 0.638. The SMILES string of the molecule is Cn1ccnc(NC(CN)C2CC2)c1=O. The summed E-state index contributed by atoms with van der Waals surface area (Å²) in [6.07, 6.45) is 5.65. The van der Waals surface area contributed by atoms with Crippen molar-refractivity contribution in [3.8, 4) is 0 Å². The second kappa shape index (κ2) is 4.02. The van der Waals surface area contributed by atoms with Gasteiger partial charge in [-0.1, -0.05) is 0 Å². The first-order valence-corrected chi connectivity index (χ1v) is 5.20. The molecule has 0 radical (unpaired) electrons. The van der Waals surface area contributed by atoms with Crippen LogP contribution < -0.4 is 16.6 Å². The Morgan fingerprint density at radius 3 is 3.07 bits per heavy atom. The predicted octanol–water partition coefficient (Wildman–Crippen LogP) is -0.0705. The molecule has 1 aromatic rings. The van der Waals surface area contributed by atoms with Gasteiger partial charge in [-0.2, -0.15) is 0 Å². The Kier molecular flexibility index (Phi) is 2.73. The van der Waals surface area contributed by atoms with Crippen LogP contribution in [-0.4, -0.2) is 22.1 Å². The van der Waals surface area contributed by atoms with Crippen LogP contribution in [0.2, 0.25) is 0 Å². The van der Waals surface area contributed by atoms with Crippen molar-refractivity contribution in [2.24, 2.45) is 18.7 Å². The lowest BCUT2D eigenvalue weighted by Gasteiger charge is -2.16. The predicted molar refractivity (Wildman–Crippen MR) is 58.7 cm³/mol. The fraction of sp³-hybridized carbons (Fsp3) is 0.600. The zero-order valence-electron chi connectivity index (χ0n) is 8.81. The molecule has 1 aromatic heterocycles. The van der Waals surface area contributed by atoms with Gasteiger partial charge in [0.25, 0.3) is 5.56 Å². The van der Waals surface area contributed by atoms with E-state index in [1.165, 1.54) is 17.4 Å². The third kappa shape index (κ3) is 2.18. The lowest BCUT2D eigenvalue weighted by Crippen LogP contribution is -2.34. The number of aromatic nitrogens is 2. The van der Waals surface area contributed by atoms with Crippen molar-refractivity contribution >= 4 is 5.82 Å². The molecule has 5 nitrogen and oxygen atoms in total.